The average molecular weight is 238 g/mol. The summed E-state index contributed by atoms with van der Waals surface area (Å²) in [5, 5.41) is 1.87. The van der Waals surface area contributed by atoms with Gasteiger partial charge in [-0.1, -0.05) is 23.2 Å². The quantitative estimate of drug-likeness (QED) is 0.739. The number of rotatable bonds is 0. The van der Waals surface area contributed by atoms with Crippen molar-refractivity contribution < 1.29 is 13.6 Å². The van der Waals surface area contributed by atoms with Gasteiger partial charge in [-0.05, 0) is 12.1 Å². The fourth-order valence-electron chi connectivity index (χ4n) is 1.29. The number of fused-ring (bicyclic) bond motifs is 1. The first kappa shape index (κ1) is 9.68. The van der Waals surface area contributed by atoms with Crippen LogP contribution in [0, 0.1) is 0 Å². The highest BCUT2D eigenvalue weighted by atomic mass is 35.5. The first-order valence-electron chi connectivity index (χ1n) is 3.62. The van der Waals surface area contributed by atoms with Crippen LogP contribution in [0.4, 0.5) is 14.5 Å². The Morgan fingerprint density at radius 3 is 2.36 bits per heavy atom. The Bertz CT molecular complexity index is 434. The molecule has 1 aromatic rings. The molecule has 1 aromatic carbocycles. The first-order chi connectivity index (χ1) is 6.44. The summed E-state index contributed by atoms with van der Waals surface area (Å²) in [6.07, 6.45) is 0. The maximum atomic E-state index is 13.2. The van der Waals surface area contributed by atoms with Gasteiger partial charge in [0.05, 0.1) is 21.3 Å². The van der Waals surface area contributed by atoms with Gasteiger partial charge < -0.3 is 5.32 Å². The van der Waals surface area contributed by atoms with Crippen LogP contribution < -0.4 is 5.32 Å². The van der Waals surface area contributed by atoms with Gasteiger partial charge in [0.2, 0.25) is 0 Å². The Hall–Kier alpha value is -0.870. The molecule has 1 heterocycles. The van der Waals surface area contributed by atoms with Gasteiger partial charge in [-0.2, -0.15) is 8.78 Å². The van der Waals surface area contributed by atoms with Crippen molar-refractivity contribution in [2.75, 3.05) is 5.32 Å². The molecule has 14 heavy (non-hydrogen) atoms. The van der Waals surface area contributed by atoms with E-state index in [0.717, 1.165) is 0 Å². The molecule has 0 radical (unpaired) electrons. The summed E-state index contributed by atoms with van der Waals surface area (Å²) in [7, 11) is 0. The lowest BCUT2D eigenvalue weighted by Crippen LogP contribution is -2.24. The largest absolute Gasteiger partial charge is 0.353 e. The van der Waals surface area contributed by atoms with Crippen LogP contribution in [0.5, 0.6) is 0 Å². The van der Waals surface area contributed by atoms with Crippen LogP contribution in [0.3, 0.4) is 0 Å². The van der Waals surface area contributed by atoms with Gasteiger partial charge in [0.25, 0.3) is 5.91 Å². The zero-order chi connectivity index (χ0) is 10.5. The van der Waals surface area contributed by atoms with Crippen LogP contribution >= 0.6 is 23.2 Å². The molecule has 0 bridgehead atoms. The highest BCUT2D eigenvalue weighted by Gasteiger charge is 2.50. The van der Waals surface area contributed by atoms with E-state index >= 15 is 0 Å². The summed E-state index contributed by atoms with van der Waals surface area (Å²) < 4.78 is 26.4. The number of carbonyl (C=O) groups excluding carboxylic acids is 1. The van der Waals surface area contributed by atoms with Crippen molar-refractivity contribution >= 4 is 34.8 Å². The van der Waals surface area contributed by atoms with Gasteiger partial charge in [0.1, 0.15) is 0 Å². The Morgan fingerprint density at radius 2 is 1.79 bits per heavy atom. The third-order valence-electron chi connectivity index (χ3n) is 1.94. The SMILES string of the molecule is O=C1Nc2c(Cl)ccc(Cl)c2C1(F)F. The van der Waals surface area contributed by atoms with E-state index in [9.17, 15) is 13.6 Å². The van der Waals surface area contributed by atoms with Crippen LogP contribution in [0.15, 0.2) is 12.1 Å². The van der Waals surface area contributed by atoms with Gasteiger partial charge in [-0.25, -0.2) is 0 Å². The number of anilines is 1. The minimum atomic E-state index is -3.60. The van der Waals surface area contributed by atoms with Gasteiger partial charge in [0, 0.05) is 0 Å². The van der Waals surface area contributed by atoms with Gasteiger partial charge in [-0.3, -0.25) is 4.79 Å². The average Bonchev–Trinajstić information content (AvgIpc) is 2.33. The van der Waals surface area contributed by atoms with E-state index in [1.54, 1.807) is 0 Å². The highest BCUT2D eigenvalue weighted by Crippen LogP contribution is 2.47. The molecule has 1 aliphatic rings. The van der Waals surface area contributed by atoms with Gasteiger partial charge in [-0.15, -0.1) is 0 Å². The predicted molar refractivity (Wildman–Crippen MR) is 49.0 cm³/mol. The normalized spacial score (nSPS) is 17.9. The lowest BCUT2D eigenvalue weighted by molar-refractivity contribution is -0.139. The summed E-state index contributed by atoms with van der Waals surface area (Å²) in [5.74, 6) is -5.00. The molecule has 0 unspecified atom stereocenters. The Balaban J connectivity index is 2.76. The smallest absolute Gasteiger partial charge is 0.319 e. The molecule has 0 saturated heterocycles. The van der Waals surface area contributed by atoms with E-state index in [4.69, 9.17) is 23.2 Å². The van der Waals surface area contributed by atoms with Crippen LogP contribution in [0.1, 0.15) is 5.56 Å². The molecule has 2 nitrogen and oxygen atoms in total. The number of hydrogen-bond acceptors (Lipinski definition) is 1. The second kappa shape index (κ2) is 2.81. The number of halogens is 4. The number of benzene rings is 1. The second-order valence-electron chi connectivity index (χ2n) is 2.81. The van der Waals surface area contributed by atoms with E-state index in [-0.39, 0.29) is 15.7 Å². The molecule has 6 heteroatoms. The van der Waals surface area contributed by atoms with Crippen molar-refractivity contribution in [3.8, 4) is 0 Å². The lowest BCUT2D eigenvalue weighted by Gasteiger charge is -2.08. The predicted octanol–water partition coefficient (Wildman–Crippen LogP) is 3.04. The molecule has 1 amide bonds. The van der Waals surface area contributed by atoms with Crippen LogP contribution in [-0.2, 0) is 10.7 Å². The third kappa shape index (κ3) is 1.11. The fraction of sp³-hybridized carbons (Fsp3) is 0.125. The molecule has 0 aromatic heterocycles. The minimum Gasteiger partial charge on any atom is -0.319 e. The molecule has 0 saturated carbocycles. The molecule has 74 valence electrons. The molecule has 0 atom stereocenters. The molecule has 0 spiro atoms. The van der Waals surface area contributed by atoms with Crippen molar-refractivity contribution in [2.45, 2.75) is 5.92 Å². The number of amides is 1. The Kier molecular flexibility index (Phi) is 1.94. The van der Waals surface area contributed by atoms with E-state index in [1.165, 1.54) is 12.1 Å². The maximum absolute atomic E-state index is 13.2. The number of nitrogens with one attached hydrogen (secondary N) is 1. The Morgan fingerprint density at radius 1 is 1.21 bits per heavy atom. The van der Waals surface area contributed by atoms with E-state index < -0.39 is 17.4 Å². The maximum Gasteiger partial charge on any atom is 0.353 e. The topological polar surface area (TPSA) is 29.1 Å². The molecule has 1 aliphatic heterocycles. The van der Waals surface area contributed by atoms with Crippen LogP contribution in [-0.4, -0.2) is 5.91 Å². The van der Waals surface area contributed by atoms with Crippen LogP contribution in [0.2, 0.25) is 10.0 Å². The zero-order valence-corrected chi connectivity index (χ0v) is 8.09. The summed E-state index contributed by atoms with van der Waals surface area (Å²) in [6, 6.07) is 2.58. The van der Waals surface area contributed by atoms with Gasteiger partial charge in [0.15, 0.2) is 0 Å². The standard InChI is InChI=1S/C8H3Cl2F2NO/c9-3-1-2-4(10)6-5(3)8(11,12)7(14)13-6/h1-2H,(H,13,14). The van der Waals surface area contributed by atoms with Gasteiger partial charge >= 0.3 is 5.92 Å². The lowest BCUT2D eigenvalue weighted by atomic mass is 10.1. The highest BCUT2D eigenvalue weighted by molar-refractivity contribution is 6.37. The van der Waals surface area contributed by atoms with Crippen molar-refractivity contribution in [2.24, 2.45) is 0 Å². The molecular weight excluding hydrogens is 235 g/mol. The summed E-state index contributed by atoms with van der Waals surface area (Å²) in [6.45, 7) is 0. The van der Waals surface area contributed by atoms with Crippen LogP contribution in [0.25, 0.3) is 0 Å². The van der Waals surface area contributed by atoms with Crippen molar-refractivity contribution in [1.82, 2.24) is 0 Å². The van der Waals surface area contributed by atoms with E-state index in [0.29, 0.717) is 0 Å². The van der Waals surface area contributed by atoms with Crippen molar-refractivity contribution in [3.63, 3.8) is 0 Å². The molecular formula is C8H3Cl2F2NO. The minimum absolute atomic E-state index is 0.0509. The fourth-order valence-corrected chi connectivity index (χ4v) is 1.77. The second-order valence-corrected chi connectivity index (χ2v) is 3.62. The number of alkyl halides is 2. The summed E-state index contributed by atoms with van der Waals surface area (Å²) >= 11 is 11.2. The van der Waals surface area contributed by atoms with E-state index in [2.05, 4.69) is 0 Å². The molecule has 0 fully saturated rings. The Labute approximate surface area is 87.8 Å². The summed E-state index contributed by atoms with van der Waals surface area (Å²) in [4.78, 5) is 10.9. The van der Waals surface area contributed by atoms with Crippen molar-refractivity contribution in [3.05, 3.63) is 27.7 Å². The zero-order valence-electron chi connectivity index (χ0n) is 6.57. The first-order valence-corrected chi connectivity index (χ1v) is 4.38. The molecule has 0 aliphatic carbocycles. The molecule has 1 N–H and O–H groups in total. The molecule has 2 rings (SSSR count). The third-order valence-corrected chi connectivity index (χ3v) is 2.57. The number of carbonyl (C=O) groups is 1. The van der Waals surface area contributed by atoms with E-state index in [1.807, 2.05) is 5.32 Å². The monoisotopic (exact) mass is 237 g/mol. The summed E-state index contributed by atoms with van der Waals surface area (Å²) in [5.41, 5.74) is -0.647. The van der Waals surface area contributed by atoms with Crippen molar-refractivity contribution in [1.29, 1.82) is 0 Å². The number of hydrogen-bond donors (Lipinski definition) is 1.